The summed E-state index contributed by atoms with van der Waals surface area (Å²) in [6, 6.07) is 0.564. The molecule has 1 saturated heterocycles. The van der Waals surface area contributed by atoms with Crippen molar-refractivity contribution in [2.24, 2.45) is 4.99 Å². The van der Waals surface area contributed by atoms with Crippen LogP contribution in [0.1, 0.15) is 29.7 Å². The zero-order chi connectivity index (χ0) is 14.2. The Morgan fingerprint density at radius 1 is 1.55 bits per heavy atom. The Hall–Kier alpha value is -0.750. The summed E-state index contributed by atoms with van der Waals surface area (Å²) in [5.41, 5.74) is 0. The second kappa shape index (κ2) is 8.52. The summed E-state index contributed by atoms with van der Waals surface area (Å²) in [5.74, 6) is 3.44. The topological polar surface area (TPSA) is 49.3 Å². The maximum Gasteiger partial charge on any atom is 0.191 e. The fourth-order valence-electron chi connectivity index (χ4n) is 2.15. The summed E-state index contributed by atoms with van der Waals surface area (Å²) >= 11 is 3.80. The first-order valence-electron chi connectivity index (χ1n) is 7.32. The van der Waals surface area contributed by atoms with Crippen LogP contribution in [0.4, 0.5) is 0 Å². The van der Waals surface area contributed by atoms with E-state index in [-0.39, 0.29) is 0 Å². The molecular weight excluding hydrogens is 288 g/mol. The number of aromatic nitrogens is 1. The third-order valence-corrected chi connectivity index (χ3v) is 5.30. The van der Waals surface area contributed by atoms with E-state index >= 15 is 0 Å². The molecule has 4 nitrogen and oxygen atoms in total. The van der Waals surface area contributed by atoms with Gasteiger partial charge in [0.25, 0.3) is 0 Å². The molecule has 0 aromatic carbocycles. The number of guanidine groups is 1. The van der Waals surface area contributed by atoms with Gasteiger partial charge in [0, 0.05) is 42.4 Å². The van der Waals surface area contributed by atoms with E-state index in [9.17, 15) is 0 Å². The predicted octanol–water partition coefficient (Wildman–Crippen LogP) is 2.44. The molecule has 1 atom stereocenters. The summed E-state index contributed by atoms with van der Waals surface area (Å²) in [7, 11) is 0. The molecule has 0 saturated carbocycles. The Morgan fingerprint density at radius 2 is 2.45 bits per heavy atom. The molecule has 2 N–H and O–H groups in total. The summed E-state index contributed by atoms with van der Waals surface area (Å²) in [6.45, 7) is 5.90. The van der Waals surface area contributed by atoms with Gasteiger partial charge in [0.05, 0.1) is 5.01 Å². The minimum Gasteiger partial charge on any atom is -0.357 e. The third kappa shape index (κ3) is 5.32. The number of thioether (sulfide) groups is 1. The van der Waals surface area contributed by atoms with E-state index in [2.05, 4.69) is 34.5 Å². The maximum atomic E-state index is 4.66. The zero-order valence-corrected chi connectivity index (χ0v) is 13.9. The molecule has 1 unspecified atom stereocenters. The maximum absolute atomic E-state index is 4.66. The van der Waals surface area contributed by atoms with Crippen LogP contribution in [-0.4, -0.2) is 41.6 Å². The first-order valence-corrected chi connectivity index (χ1v) is 9.29. The highest BCUT2D eigenvalue weighted by Gasteiger charge is 2.14. The van der Waals surface area contributed by atoms with Gasteiger partial charge in [-0.3, -0.25) is 4.99 Å². The van der Waals surface area contributed by atoms with Gasteiger partial charge in [-0.25, -0.2) is 4.98 Å². The van der Waals surface area contributed by atoms with Gasteiger partial charge >= 0.3 is 0 Å². The molecule has 1 aromatic heterocycles. The second-order valence-corrected chi connectivity index (χ2v) is 7.40. The van der Waals surface area contributed by atoms with Gasteiger partial charge in [-0.1, -0.05) is 0 Å². The van der Waals surface area contributed by atoms with E-state index < -0.39 is 0 Å². The van der Waals surface area contributed by atoms with Gasteiger partial charge in [0.1, 0.15) is 0 Å². The predicted molar refractivity (Wildman–Crippen MR) is 90.0 cm³/mol. The van der Waals surface area contributed by atoms with Crippen LogP contribution in [0.25, 0.3) is 0 Å². The largest absolute Gasteiger partial charge is 0.357 e. The lowest BCUT2D eigenvalue weighted by Crippen LogP contribution is -2.45. The zero-order valence-electron chi connectivity index (χ0n) is 12.3. The summed E-state index contributed by atoms with van der Waals surface area (Å²) in [4.78, 5) is 10.3. The molecule has 20 heavy (non-hydrogen) atoms. The lowest BCUT2D eigenvalue weighted by atomic mass is 10.2. The molecule has 2 heterocycles. The molecule has 0 amide bonds. The van der Waals surface area contributed by atoms with Gasteiger partial charge in [0.15, 0.2) is 5.96 Å². The lowest BCUT2D eigenvalue weighted by Gasteiger charge is -2.24. The highest BCUT2D eigenvalue weighted by Crippen LogP contribution is 2.16. The standard InChI is InChI=1S/C14H24N4S2/c1-3-15-14(18-12-5-4-8-19-10-12)16-7-6-13-17-9-11(2)20-13/h9,12H,3-8,10H2,1-2H3,(H2,15,16,18). The van der Waals surface area contributed by atoms with E-state index in [1.165, 1.54) is 34.2 Å². The van der Waals surface area contributed by atoms with E-state index in [4.69, 9.17) is 0 Å². The van der Waals surface area contributed by atoms with Crippen LogP contribution in [0.5, 0.6) is 0 Å². The van der Waals surface area contributed by atoms with Crippen LogP contribution >= 0.6 is 23.1 Å². The number of rotatable bonds is 5. The van der Waals surface area contributed by atoms with E-state index in [1.807, 2.05) is 18.0 Å². The molecule has 1 aromatic rings. The molecule has 1 aliphatic rings. The molecule has 0 spiro atoms. The van der Waals surface area contributed by atoms with Crippen LogP contribution in [0.15, 0.2) is 11.2 Å². The number of nitrogens with one attached hydrogen (secondary N) is 2. The molecule has 1 aliphatic heterocycles. The SMILES string of the molecule is CCNC(=NCCc1ncc(C)s1)NC1CCCSC1. The number of aliphatic imine (C=N–C) groups is 1. The van der Waals surface area contributed by atoms with Crippen molar-refractivity contribution in [2.75, 3.05) is 24.6 Å². The van der Waals surface area contributed by atoms with Crippen molar-refractivity contribution in [1.82, 2.24) is 15.6 Å². The normalized spacial score (nSPS) is 19.9. The molecule has 0 bridgehead atoms. The first kappa shape index (κ1) is 15.6. The van der Waals surface area contributed by atoms with Gasteiger partial charge in [-0.15, -0.1) is 11.3 Å². The monoisotopic (exact) mass is 312 g/mol. The van der Waals surface area contributed by atoms with Gasteiger partial charge < -0.3 is 10.6 Å². The molecule has 2 rings (SSSR count). The summed E-state index contributed by atoms with van der Waals surface area (Å²) < 4.78 is 0. The summed E-state index contributed by atoms with van der Waals surface area (Å²) in [5, 5.41) is 8.06. The number of aryl methyl sites for hydroxylation is 1. The molecule has 6 heteroatoms. The smallest absolute Gasteiger partial charge is 0.191 e. The van der Waals surface area contributed by atoms with E-state index in [0.29, 0.717) is 6.04 Å². The van der Waals surface area contributed by atoms with Crippen LogP contribution in [0.2, 0.25) is 0 Å². The highest BCUT2D eigenvalue weighted by molar-refractivity contribution is 7.99. The Balaban J connectivity index is 1.81. The van der Waals surface area contributed by atoms with Gasteiger partial charge in [0.2, 0.25) is 0 Å². The fraction of sp³-hybridized carbons (Fsp3) is 0.714. The van der Waals surface area contributed by atoms with Crippen LogP contribution in [0.3, 0.4) is 0 Å². The minimum absolute atomic E-state index is 0.564. The van der Waals surface area contributed by atoms with Crippen LogP contribution < -0.4 is 10.6 Å². The highest BCUT2D eigenvalue weighted by atomic mass is 32.2. The Morgan fingerprint density at radius 3 is 3.10 bits per heavy atom. The van der Waals surface area contributed by atoms with Crippen molar-refractivity contribution in [3.63, 3.8) is 0 Å². The molecule has 0 aliphatic carbocycles. The van der Waals surface area contributed by atoms with Crippen LogP contribution in [0, 0.1) is 6.92 Å². The summed E-state index contributed by atoms with van der Waals surface area (Å²) in [6.07, 6.45) is 5.42. The number of hydrogen-bond donors (Lipinski definition) is 2. The molecule has 0 radical (unpaired) electrons. The number of thiazole rings is 1. The van der Waals surface area contributed by atoms with Crippen molar-refractivity contribution >= 4 is 29.1 Å². The van der Waals surface area contributed by atoms with Gasteiger partial charge in [-0.2, -0.15) is 11.8 Å². The van der Waals surface area contributed by atoms with Crippen molar-refractivity contribution in [3.8, 4) is 0 Å². The Bertz CT molecular complexity index is 425. The molecule has 112 valence electrons. The first-order chi connectivity index (χ1) is 9.78. The Labute approximate surface area is 129 Å². The Kier molecular flexibility index (Phi) is 6.66. The lowest BCUT2D eigenvalue weighted by molar-refractivity contribution is 0.582. The number of nitrogens with zero attached hydrogens (tertiary/aromatic N) is 2. The molecular formula is C14H24N4S2. The quantitative estimate of drug-likeness (QED) is 0.648. The van der Waals surface area contributed by atoms with Crippen LogP contribution in [-0.2, 0) is 6.42 Å². The van der Waals surface area contributed by atoms with Gasteiger partial charge in [-0.05, 0) is 32.4 Å². The minimum atomic E-state index is 0.564. The van der Waals surface area contributed by atoms with Crippen molar-refractivity contribution in [2.45, 2.75) is 39.2 Å². The third-order valence-electron chi connectivity index (χ3n) is 3.11. The van der Waals surface area contributed by atoms with Crippen molar-refractivity contribution < 1.29 is 0 Å². The number of hydrogen-bond acceptors (Lipinski definition) is 4. The average Bonchev–Trinajstić information content (AvgIpc) is 2.86. The molecule has 1 fully saturated rings. The van der Waals surface area contributed by atoms with E-state index in [1.54, 1.807) is 11.3 Å². The average molecular weight is 313 g/mol. The van der Waals surface area contributed by atoms with Crippen molar-refractivity contribution in [1.29, 1.82) is 0 Å². The fourth-order valence-corrected chi connectivity index (χ4v) is 4.00. The second-order valence-electron chi connectivity index (χ2n) is 4.93. The van der Waals surface area contributed by atoms with Crippen molar-refractivity contribution in [3.05, 3.63) is 16.1 Å². The van der Waals surface area contributed by atoms with E-state index in [0.717, 1.165) is 25.5 Å².